The summed E-state index contributed by atoms with van der Waals surface area (Å²) in [6.45, 7) is 1.78. The van der Waals surface area contributed by atoms with Crippen molar-refractivity contribution in [2.45, 2.75) is 12.7 Å². The fourth-order valence-electron chi connectivity index (χ4n) is 2.79. The van der Waals surface area contributed by atoms with Crippen molar-refractivity contribution >= 4 is 5.97 Å². The van der Waals surface area contributed by atoms with E-state index in [4.69, 9.17) is 9.47 Å². The summed E-state index contributed by atoms with van der Waals surface area (Å²) in [6.07, 6.45) is -0.335. The summed E-state index contributed by atoms with van der Waals surface area (Å²) in [5.41, 5.74) is 3.08. The van der Waals surface area contributed by atoms with Gasteiger partial charge in [-0.25, -0.2) is 4.79 Å². The standard InChI is InChI=1S/C19H21NO4/c1-20(2)9-10-23-18-15-6-4-3-5-14(15)12-24-17-8-7-13(19(21)22)11-16(17)18/h3-8,11,18H,9-10,12H2,1-2H3,(H,21,22). The lowest BCUT2D eigenvalue weighted by atomic mass is 9.96. The second-order valence-corrected chi connectivity index (χ2v) is 6.10. The maximum Gasteiger partial charge on any atom is 0.335 e. The molecule has 0 radical (unpaired) electrons. The molecule has 0 bridgehead atoms. The lowest BCUT2D eigenvalue weighted by molar-refractivity contribution is 0.0672. The van der Waals surface area contributed by atoms with Crippen molar-refractivity contribution in [3.63, 3.8) is 0 Å². The molecule has 1 aliphatic heterocycles. The first kappa shape index (κ1) is 16.5. The van der Waals surface area contributed by atoms with Crippen LogP contribution in [-0.4, -0.2) is 43.2 Å². The summed E-state index contributed by atoms with van der Waals surface area (Å²) in [6, 6.07) is 12.9. The van der Waals surface area contributed by atoms with Gasteiger partial charge in [0.2, 0.25) is 0 Å². The van der Waals surface area contributed by atoms with Gasteiger partial charge >= 0.3 is 5.97 Å². The molecule has 0 aromatic heterocycles. The molecule has 2 aromatic rings. The Morgan fingerprint density at radius 2 is 2.04 bits per heavy atom. The number of carboxylic acid groups (broad SMARTS) is 1. The number of nitrogens with zero attached hydrogens (tertiary/aromatic N) is 1. The third-order valence-electron chi connectivity index (χ3n) is 4.08. The van der Waals surface area contributed by atoms with Gasteiger partial charge in [0.1, 0.15) is 18.5 Å². The van der Waals surface area contributed by atoms with Gasteiger partial charge < -0.3 is 19.5 Å². The molecule has 1 atom stereocenters. The van der Waals surface area contributed by atoms with Crippen LogP contribution in [0.15, 0.2) is 42.5 Å². The van der Waals surface area contributed by atoms with Gasteiger partial charge in [0.15, 0.2) is 0 Å². The quantitative estimate of drug-likeness (QED) is 0.915. The fourth-order valence-corrected chi connectivity index (χ4v) is 2.79. The number of benzene rings is 2. The summed E-state index contributed by atoms with van der Waals surface area (Å²) < 4.78 is 12.0. The Balaban J connectivity index is 2.02. The van der Waals surface area contributed by atoms with Gasteiger partial charge in [-0.15, -0.1) is 0 Å². The zero-order valence-electron chi connectivity index (χ0n) is 13.9. The first-order chi connectivity index (χ1) is 11.6. The van der Waals surface area contributed by atoms with Gasteiger partial charge in [0.25, 0.3) is 0 Å². The molecule has 0 saturated heterocycles. The van der Waals surface area contributed by atoms with Crippen LogP contribution in [0.1, 0.15) is 33.2 Å². The van der Waals surface area contributed by atoms with Crippen LogP contribution in [0, 0.1) is 0 Å². The van der Waals surface area contributed by atoms with Crippen molar-refractivity contribution < 1.29 is 19.4 Å². The minimum Gasteiger partial charge on any atom is -0.488 e. The van der Waals surface area contributed by atoms with E-state index in [0.717, 1.165) is 23.2 Å². The van der Waals surface area contributed by atoms with E-state index in [1.165, 1.54) is 0 Å². The number of likely N-dealkylation sites (N-methyl/N-ethyl adjacent to an activating group) is 1. The van der Waals surface area contributed by atoms with Crippen LogP contribution >= 0.6 is 0 Å². The summed E-state index contributed by atoms with van der Waals surface area (Å²) in [5, 5.41) is 9.30. The van der Waals surface area contributed by atoms with Gasteiger partial charge in [-0.3, -0.25) is 0 Å². The van der Waals surface area contributed by atoms with Gasteiger partial charge in [0, 0.05) is 12.1 Å². The van der Waals surface area contributed by atoms with Gasteiger partial charge in [-0.05, 0) is 43.4 Å². The Morgan fingerprint density at radius 3 is 2.79 bits per heavy atom. The highest BCUT2D eigenvalue weighted by molar-refractivity contribution is 5.88. The molecule has 2 aromatic carbocycles. The van der Waals surface area contributed by atoms with Crippen molar-refractivity contribution in [2.24, 2.45) is 0 Å². The first-order valence-electron chi connectivity index (χ1n) is 7.90. The molecule has 5 heteroatoms. The molecule has 0 saturated carbocycles. The Hall–Kier alpha value is -2.37. The molecule has 1 heterocycles. The monoisotopic (exact) mass is 327 g/mol. The second kappa shape index (κ2) is 7.03. The Kier molecular flexibility index (Phi) is 4.83. The largest absolute Gasteiger partial charge is 0.488 e. The highest BCUT2D eigenvalue weighted by atomic mass is 16.5. The fraction of sp³-hybridized carbons (Fsp3) is 0.316. The normalized spacial score (nSPS) is 16.0. The maximum absolute atomic E-state index is 11.3. The third-order valence-corrected chi connectivity index (χ3v) is 4.08. The topological polar surface area (TPSA) is 59.0 Å². The van der Waals surface area contributed by atoms with Gasteiger partial charge in [-0.2, -0.15) is 0 Å². The van der Waals surface area contributed by atoms with E-state index in [1.54, 1.807) is 18.2 Å². The summed E-state index contributed by atoms with van der Waals surface area (Å²) in [7, 11) is 3.98. The lowest BCUT2D eigenvalue weighted by Crippen LogP contribution is -2.20. The van der Waals surface area contributed by atoms with Crippen LogP contribution < -0.4 is 4.74 Å². The number of hydrogen-bond acceptors (Lipinski definition) is 4. The van der Waals surface area contributed by atoms with Gasteiger partial charge in [0.05, 0.1) is 12.2 Å². The van der Waals surface area contributed by atoms with Crippen LogP contribution in [0.4, 0.5) is 0 Å². The van der Waals surface area contributed by atoms with E-state index < -0.39 is 5.97 Å². The molecule has 24 heavy (non-hydrogen) atoms. The van der Waals surface area contributed by atoms with Crippen LogP contribution in [0.5, 0.6) is 5.75 Å². The zero-order valence-corrected chi connectivity index (χ0v) is 13.9. The van der Waals surface area contributed by atoms with Crippen LogP contribution in [0.3, 0.4) is 0 Å². The molecule has 1 aliphatic rings. The highest BCUT2D eigenvalue weighted by Crippen LogP contribution is 2.38. The summed E-state index contributed by atoms with van der Waals surface area (Å²) in [4.78, 5) is 13.4. The average molecular weight is 327 g/mol. The summed E-state index contributed by atoms with van der Waals surface area (Å²) >= 11 is 0. The predicted octanol–water partition coefficient (Wildman–Crippen LogP) is 2.94. The highest BCUT2D eigenvalue weighted by Gasteiger charge is 2.26. The van der Waals surface area contributed by atoms with Crippen molar-refractivity contribution in [1.29, 1.82) is 0 Å². The number of rotatable bonds is 5. The third kappa shape index (κ3) is 3.42. The molecular weight excluding hydrogens is 306 g/mol. The average Bonchev–Trinajstić information content (AvgIpc) is 2.71. The van der Waals surface area contributed by atoms with Crippen molar-refractivity contribution in [3.8, 4) is 5.75 Å². The minimum atomic E-state index is -0.956. The van der Waals surface area contributed by atoms with E-state index >= 15 is 0 Å². The number of aromatic carboxylic acids is 1. The number of ether oxygens (including phenoxy) is 2. The molecule has 5 nitrogen and oxygen atoms in total. The smallest absolute Gasteiger partial charge is 0.335 e. The molecule has 0 aliphatic carbocycles. The number of carbonyl (C=O) groups is 1. The number of fused-ring (bicyclic) bond motifs is 2. The zero-order chi connectivity index (χ0) is 17.1. The molecule has 0 spiro atoms. The molecule has 0 amide bonds. The van der Waals surface area contributed by atoms with Gasteiger partial charge in [-0.1, -0.05) is 24.3 Å². The molecule has 1 N–H and O–H groups in total. The van der Waals surface area contributed by atoms with Crippen molar-refractivity contribution in [1.82, 2.24) is 4.90 Å². The van der Waals surface area contributed by atoms with E-state index in [0.29, 0.717) is 19.0 Å². The van der Waals surface area contributed by atoms with Crippen LogP contribution in [0.2, 0.25) is 0 Å². The molecule has 126 valence electrons. The minimum absolute atomic E-state index is 0.234. The predicted molar refractivity (Wildman–Crippen MR) is 90.5 cm³/mol. The lowest BCUT2D eigenvalue weighted by Gasteiger charge is -2.21. The van der Waals surface area contributed by atoms with Crippen LogP contribution in [-0.2, 0) is 11.3 Å². The molecular formula is C19H21NO4. The second-order valence-electron chi connectivity index (χ2n) is 6.10. The number of hydrogen-bond donors (Lipinski definition) is 1. The van der Waals surface area contributed by atoms with E-state index in [9.17, 15) is 9.90 Å². The SMILES string of the molecule is CN(C)CCOC1c2ccccc2COc2ccc(C(=O)O)cc21. The molecule has 0 fully saturated rings. The maximum atomic E-state index is 11.3. The Bertz CT molecular complexity index is 742. The van der Waals surface area contributed by atoms with Crippen LogP contribution in [0.25, 0.3) is 0 Å². The van der Waals surface area contributed by atoms with Crippen molar-refractivity contribution in [2.75, 3.05) is 27.2 Å². The molecule has 3 rings (SSSR count). The first-order valence-corrected chi connectivity index (χ1v) is 7.90. The van der Waals surface area contributed by atoms with E-state index in [1.807, 2.05) is 43.3 Å². The number of carboxylic acids is 1. The molecule has 1 unspecified atom stereocenters. The van der Waals surface area contributed by atoms with Crippen molar-refractivity contribution in [3.05, 3.63) is 64.7 Å². The Labute approximate surface area is 141 Å². The Morgan fingerprint density at radius 1 is 1.25 bits per heavy atom. The van der Waals surface area contributed by atoms with E-state index in [-0.39, 0.29) is 11.7 Å². The summed E-state index contributed by atoms with van der Waals surface area (Å²) in [5.74, 6) is -0.284. The van der Waals surface area contributed by atoms with E-state index in [2.05, 4.69) is 0 Å².